The average Bonchev–Trinajstić information content (AvgIpc) is 2.39. The van der Waals surface area contributed by atoms with Crippen LogP contribution in [0, 0.1) is 0 Å². The highest BCUT2D eigenvalue weighted by Gasteiger charge is 2.09. The van der Waals surface area contributed by atoms with Crippen LogP contribution in [-0.2, 0) is 0 Å². The van der Waals surface area contributed by atoms with E-state index in [0.717, 1.165) is 4.47 Å². The van der Waals surface area contributed by atoms with Gasteiger partial charge in [0.2, 0.25) is 5.95 Å². The lowest BCUT2D eigenvalue weighted by Crippen LogP contribution is -2.07. The summed E-state index contributed by atoms with van der Waals surface area (Å²) in [4.78, 5) is 16.4. The molecule has 0 fully saturated rings. The van der Waals surface area contributed by atoms with Gasteiger partial charge in [-0.25, -0.2) is 0 Å². The highest BCUT2D eigenvalue weighted by molar-refractivity contribution is 9.10. The number of ether oxygens (including phenoxy) is 2. The van der Waals surface area contributed by atoms with Crippen molar-refractivity contribution in [1.29, 1.82) is 0 Å². The third-order valence-corrected chi connectivity index (χ3v) is 2.53. The van der Waals surface area contributed by atoms with Crippen molar-refractivity contribution in [3.05, 3.63) is 22.9 Å². The van der Waals surface area contributed by atoms with Crippen LogP contribution in [0.4, 0.5) is 5.95 Å². The Labute approximate surface area is 124 Å². The second kappa shape index (κ2) is 6.99. The molecule has 0 aliphatic carbocycles. The number of nitrogens with zero attached hydrogens (tertiary/aromatic N) is 4. The molecule has 0 amide bonds. The molecule has 0 aliphatic rings. The smallest absolute Gasteiger partial charge is 0.330 e. The lowest BCUT2D eigenvalue weighted by Gasteiger charge is -2.08. The summed E-state index contributed by atoms with van der Waals surface area (Å²) < 4.78 is 11.7. The van der Waals surface area contributed by atoms with Gasteiger partial charge in [-0.15, -0.1) is 4.98 Å². The Morgan fingerprint density at radius 1 is 1.15 bits per heavy atom. The first-order chi connectivity index (χ1) is 9.71. The number of rotatable bonds is 6. The molecule has 0 spiro atoms. The van der Waals surface area contributed by atoms with Crippen molar-refractivity contribution in [2.24, 2.45) is 0 Å². The molecule has 0 aromatic carbocycles. The Hall–Kier alpha value is -1.96. The monoisotopic (exact) mass is 339 g/mol. The molecule has 2 aromatic rings. The number of hydrogen-bond acceptors (Lipinski definition) is 7. The predicted octanol–water partition coefficient (Wildman–Crippen LogP) is 2.65. The minimum Gasteiger partial charge on any atom is -0.464 e. The lowest BCUT2D eigenvalue weighted by atomic mass is 10.5. The summed E-state index contributed by atoms with van der Waals surface area (Å²) in [6.07, 6.45) is 3.23. The molecule has 2 aromatic heterocycles. The van der Waals surface area contributed by atoms with Gasteiger partial charge in [0.15, 0.2) is 5.75 Å². The first-order valence-electron chi connectivity index (χ1n) is 6.12. The Kier molecular flexibility index (Phi) is 5.05. The van der Waals surface area contributed by atoms with E-state index in [1.807, 2.05) is 13.8 Å². The van der Waals surface area contributed by atoms with Crippen molar-refractivity contribution >= 4 is 21.9 Å². The summed E-state index contributed by atoms with van der Waals surface area (Å²) in [6.45, 7) is 4.96. The SMILES string of the molecule is CCNc1nc(OCC)nc(Oc2cncc(Br)c2)n1. The molecular weight excluding hydrogens is 326 g/mol. The molecule has 7 nitrogen and oxygen atoms in total. The first kappa shape index (κ1) is 14.4. The number of hydrogen-bond donors (Lipinski definition) is 1. The minimum absolute atomic E-state index is 0.152. The molecule has 8 heteroatoms. The topological polar surface area (TPSA) is 82.1 Å². The van der Waals surface area contributed by atoms with E-state index in [4.69, 9.17) is 9.47 Å². The summed E-state index contributed by atoms with van der Waals surface area (Å²) in [5, 5.41) is 3.00. The Morgan fingerprint density at radius 3 is 2.65 bits per heavy atom. The van der Waals surface area contributed by atoms with E-state index in [-0.39, 0.29) is 12.0 Å². The van der Waals surface area contributed by atoms with Gasteiger partial charge in [-0.1, -0.05) is 0 Å². The van der Waals surface area contributed by atoms with Gasteiger partial charge in [0.25, 0.3) is 0 Å². The van der Waals surface area contributed by atoms with Crippen LogP contribution in [0.3, 0.4) is 0 Å². The first-order valence-corrected chi connectivity index (χ1v) is 6.91. The molecule has 0 atom stereocenters. The van der Waals surface area contributed by atoms with Crippen LogP contribution in [0.1, 0.15) is 13.8 Å². The largest absolute Gasteiger partial charge is 0.464 e. The van der Waals surface area contributed by atoms with Crippen molar-refractivity contribution in [1.82, 2.24) is 19.9 Å². The zero-order valence-corrected chi connectivity index (χ0v) is 12.7. The number of halogens is 1. The molecule has 2 rings (SSSR count). The molecule has 0 aliphatic heterocycles. The van der Waals surface area contributed by atoms with E-state index in [0.29, 0.717) is 24.8 Å². The fraction of sp³-hybridized carbons (Fsp3) is 0.333. The summed E-state index contributed by atoms with van der Waals surface area (Å²) in [6, 6.07) is 2.14. The minimum atomic E-state index is 0.152. The third-order valence-electron chi connectivity index (χ3n) is 2.09. The highest BCUT2D eigenvalue weighted by atomic mass is 79.9. The maximum Gasteiger partial charge on any atom is 0.330 e. The summed E-state index contributed by atoms with van der Waals surface area (Å²) in [7, 11) is 0. The number of nitrogens with one attached hydrogen (secondary N) is 1. The van der Waals surface area contributed by atoms with Crippen LogP contribution in [-0.4, -0.2) is 33.1 Å². The molecule has 20 heavy (non-hydrogen) atoms. The number of anilines is 1. The molecular formula is C12H14BrN5O2. The van der Waals surface area contributed by atoms with E-state index < -0.39 is 0 Å². The average molecular weight is 340 g/mol. The fourth-order valence-electron chi connectivity index (χ4n) is 1.37. The summed E-state index contributed by atoms with van der Waals surface area (Å²) in [5.74, 6) is 0.930. The van der Waals surface area contributed by atoms with Crippen LogP contribution >= 0.6 is 15.9 Å². The van der Waals surface area contributed by atoms with E-state index in [1.54, 1.807) is 18.5 Å². The summed E-state index contributed by atoms with van der Waals surface area (Å²) in [5.41, 5.74) is 0. The zero-order valence-electron chi connectivity index (χ0n) is 11.1. The Morgan fingerprint density at radius 2 is 1.95 bits per heavy atom. The van der Waals surface area contributed by atoms with Gasteiger partial charge in [-0.2, -0.15) is 9.97 Å². The fourth-order valence-corrected chi connectivity index (χ4v) is 1.71. The molecule has 0 unspecified atom stereocenters. The van der Waals surface area contributed by atoms with Gasteiger partial charge >= 0.3 is 12.0 Å². The van der Waals surface area contributed by atoms with Gasteiger partial charge < -0.3 is 14.8 Å². The van der Waals surface area contributed by atoms with Crippen LogP contribution in [0.15, 0.2) is 22.9 Å². The standard InChI is InChI=1S/C12H14BrN5O2/c1-3-15-10-16-11(19-4-2)18-12(17-10)20-9-5-8(13)6-14-7-9/h5-7H,3-4H2,1-2H3,(H,15,16,17,18). The van der Waals surface area contributed by atoms with E-state index in [2.05, 4.69) is 41.2 Å². The molecule has 0 bridgehead atoms. The molecule has 0 saturated carbocycles. The van der Waals surface area contributed by atoms with Gasteiger partial charge in [0.1, 0.15) is 0 Å². The van der Waals surface area contributed by atoms with Crippen molar-refractivity contribution in [3.63, 3.8) is 0 Å². The second-order valence-electron chi connectivity index (χ2n) is 3.63. The molecule has 106 valence electrons. The van der Waals surface area contributed by atoms with Crippen molar-refractivity contribution < 1.29 is 9.47 Å². The quantitative estimate of drug-likeness (QED) is 0.866. The Bertz CT molecular complexity index is 557. The van der Waals surface area contributed by atoms with E-state index in [1.165, 1.54) is 0 Å². The van der Waals surface area contributed by atoms with Gasteiger partial charge in [-0.3, -0.25) is 4.98 Å². The van der Waals surface area contributed by atoms with Gasteiger partial charge in [-0.05, 0) is 35.8 Å². The van der Waals surface area contributed by atoms with E-state index in [9.17, 15) is 0 Å². The number of aromatic nitrogens is 4. The zero-order chi connectivity index (χ0) is 14.4. The molecule has 0 radical (unpaired) electrons. The maximum absolute atomic E-state index is 5.56. The van der Waals surface area contributed by atoms with Crippen LogP contribution in [0.25, 0.3) is 0 Å². The van der Waals surface area contributed by atoms with Crippen molar-refractivity contribution in [2.45, 2.75) is 13.8 Å². The van der Waals surface area contributed by atoms with E-state index >= 15 is 0 Å². The van der Waals surface area contributed by atoms with Crippen LogP contribution in [0.2, 0.25) is 0 Å². The van der Waals surface area contributed by atoms with Crippen LogP contribution < -0.4 is 14.8 Å². The lowest BCUT2D eigenvalue weighted by molar-refractivity contribution is 0.303. The predicted molar refractivity (Wildman–Crippen MR) is 77.2 cm³/mol. The van der Waals surface area contributed by atoms with Gasteiger partial charge in [0.05, 0.1) is 12.8 Å². The third kappa shape index (κ3) is 4.02. The normalized spacial score (nSPS) is 10.2. The molecule has 1 N–H and O–H groups in total. The number of pyridine rings is 1. The second-order valence-corrected chi connectivity index (χ2v) is 4.54. The Balaban J connectivity index is 2.25. The van der Waals surface area contributed by atoms with Crippen LogP contribution in [0.5, 0.6) is 17.8 Å². The molecule has 2 heterocycles. The van der Waals surface area contributed by atoms with Gasteiger partial charge in [0, 0.05) is 17.2 Å². The maximum atomic E-state index is 5.56. The summed E-state index contributed by atoms with van der Waals surface area (Å²) >= 11 is 3.32. The molecule has 0 saturated heterocycles. The van der Waals surface area contributed by atoms with Crippen molar-refractivity contribution in [3.8, 4) is 17.8 Å². The highest BCUT2D eigenvalue weighted by Crippen LogP contribution is 2.22. The van der Waals surface area contributed by atoms with Crippen molar-refractivity contribution in [2.75, 3.05) is 18.5 Å².